The Kier molecular flexibility index (Phi) is 7.23. The van der Waals surface area contributed by atoms with Gasteiger partial charge in [0.2, 0.25) is 0 Å². The lowest BCUT2D eigenvalue weighted by atomic mass is 9.95. The Bertz CT molecular complexity index is 989. The highest BCUT2D eigenvalue weighted by Crippen LogP contribution is 2.27. The van der Waals surface area contributed by atoms with E-state index in [1.54, 1.807) is 19.1 Å². The molecule has 3 aromatic rings. The van der Waals surface area contributed by atoms with Crippen LogP contribution in [0.1, 0.15) is 35.6 Å². The van der Waals surface area contributed by atoms with Crippen LogP contribution in [0.25, 0.3) is 11.1 Å². The minimum Gasteiger partial charge on any atom is -0.489 e. The monoisotopic (exact) mass is 406 g/mol. The van der Waals surface area contributed by atoms with Crippen LogP contribution >= 0.6 is 0 Å². The van der Waals surface area contributed by atoms with Gasteiger partial charge in [-0.05, 0) is 66.6 Å². The van der Waals surface area contributed by atoms with Crippen molar-refractivity contribution in [3.05, 3.63) is 88.7 Å². The Labute approximate surface area is 177 Å². The lowest BCUT2D eigenvalue weighted by Crippen LogP contribution is -2.06. The van der Waals surface area contributed by atoms with Crippen LogP contribution in [0.5, 0.6) is 5.75 Å². The van der Waals surface area contributed by atoms with Crippen LogP contribution in [0.3, 0.4) is 0 Å². The van der Waals surface area contributed by atoms with Crippen molar-refractivity contribution in [3.8, 4) is 16.9 Å². The first kappa shape index (κ1) is 21.6. The zero-order chi connectivity index (χ0) is 21.5. The van der Waals surface area contributed by atoms with Gasteiger partial charge < -0.3 is 9.47 Å². The topological polar surface area (TPSA) is 35.5 Å². The number of esters is 1. The van der Waals surface area contributed by atoms with Crippen LogP contribution in [0.4, 0.5) is 4.39 Å². The van der Waals surface area contributed by atoms with Gasteiger partial charge in [0.15, 0.2) is 0 Å². The van der Waals surface area contributed by atoms with E-state index in [-0.39, 0.29) is 18.2 Å². The van der Waals surface area contributed by atoms with Gasteiger partial charge in [0.05, 0.1) is 6.61 Å². The smallest absolute Gasteiger partial charge is 0.306 e. The Hall–Kier alpha value is -3.14. The maximum absolute atomic E-state index is 14.3. The minimum atomic E-state index is -0.373. The molecule has 0 heterocycles. The van der Waals surface area contributed by atoms with Crippen molar-refractivity contribution in [2.24, 2.45) is 0 Å². The highest BCUT2D eigenvalue weighted by Gasteiger charge is 2.09. The number of carbonyl (C=O) groups excluding carboxylic acids is 1. The van der Waals surface area contributed by atoms with E-state index in [9.17, 15) is 9.18 Å². The van der Waals surface area contributed by atoms with Gasteiger partial charge in [-0.3, -0.25) is 4.79 Å². The number of halogens is 1. The van der Waals surface area contributed by atoms with E-state index in [0.29, 0.717) is 30.9 Å². The van der Waals surface area contributed by atoms with Crippen LogP contribution in [0.15, 0.2) is 60.7 Å². The molecule has 0 bridgehead atoms. The third-order valence-electron chi connectivity index (χ3n) is 5.06. The normalized spacial score (nSPS) is 10.7. The standard InChI is InChI=1S/C26H27FO3/c1-4-29-25(28)15-13-21-12-14-23(16-24(21)27)30-17-20-8-10-22(11-9-20)26-18(2)6-5-7-19(26)3/h5-12,14,16H,4,13,15,17H2,1-3H3. The number of ether oxygens (including phenoxy) is 2. The van der Waals surface area contributed by atoms with E-state index in [2.05, 4.69) is 44.2 Å². The Morgan fingerprint density at radius 3 is 2.30 bits per heavy atom. The van der Waals surface area contributed by atoms with Gasteiger partial charge in [0.1, 0.15) is 18.2 Å². The summed E-state index contributed by atoms with van der Waals surface area (Å²) in [5, 5.41) is 0. The molecule has 0 fully saturated rings. The van der Waals surface area contributed by atoms with Gasteiger partial charge in [0, 0.05) is 12.5 Å². The predicted molar refractivity (Wildman–Crippen MR) is 117 cm³/mol. The predicted octanol–water partition coefficient (Wildman–Crippen LogP) is 6.18. The van der Waals surface area contributed by atoms with Gasteiger partial charge in [-0.15, -0.1) is 0 Å². The number of rotatable bonds is 8. The van der Waals surface area contributed by atoms with Gasteiger partial charge in [-0.1, -0.05) is 48.5 Å². The minimum absolute atomic E-state index is 0.164. The zero-order valence-corrected chi connectivity index (χ0v) is 17.7. The van der Waals surface area contributed by atoms with E-state index in [1.165, 1.54) is 28.3 Å². The molecule has 0 atom stereocenters. The molecule has 0 spiro atoms. The molecule has 156 valence electrons. The number of hydrogen-bond acceptors (Lipinski definition) is 3. The van der Waals surface area contributed by atoms with E-state index < -0.39 is 0 Å². The van der Waals surface area contributed by atoms with E-state index in [4.69, 9.17) is 9.47 Å². The molecule has 0 radical (unpaired) electrons. The molecule has 0 saturated heterocycles. The molecule has 3 aromatic carbocycles. The summed E-state index contributed by atoms with van der Waals surface area (Å²) in [6.45, 7) is 6.67. The van der Waals surface area contributed by atoms with Crippen molar-refractivity contribution in [1.82, 2.24) is 0 Å². The Morgan fingerprint density at radius 2 is 1.67 bits per heavy atom. The van der Waals surface area contributed by atoms with Crippen molar-refractivity contribution >= 4 is 5.97 Å². The molecule has 3 rings (SSSR count). The summed E-state index contributed by atoms with van der Waals surface area (Å²) in [4.78, 5) is 11.4. The second kappa shape index (κ2) is 10.1. The molecule has 0 aromatic heterocycles. The highest BCUT2D eigenvalue weighted by molar-refractivity contribution is 5.71. The molecule has 3 nitrogen and oxygen atoms in total. The summed E-state index contributed by atoms with van der Waals surface area (Å²) >= 11 is 0. The third-order valence-corrected chi connectivity index (χ3v) is 5.06. The quantitative estimate of drug-likeness (QED) is 0.419. The molecular formula is C26H27FO3. The van der Waals surface area contributed by atoms with Crippen LogP contribution in [0, 0.1) is 19.7 Å². The molecule has 0 saturated carbocycles. The number of carbonyl (C=O) groups is 1. The lowest BCUT2D eigenvalue weighted by Gasteiger charge is -2.12. The summed E-state index contributed by atoms with van der Waals surface area (Å²) < 4.78 is 24.9. The van der Waals surface area contributed by atoms with E-state index >= 15 is 0 Å². The van der Waals surface area contributed by atoms with Crippen LogP contribution in [-0.2, 0) is 22.6 Å². The SMILES string of the molecule is CCOC(=O)CCc1ccc(OCc2ccc(-c3c(C)cccc3C)cc2)cc1F. The molecule has 0 unspecified atom stereocenters. The first-order chi connectivity index (χ1) is 14.5. The molecule has 0 amide bonds. The van der Waals surface area contributed by atoms with Crippen LogP contribution in [-0.4, -0.2) is 12.6 Å². The second-order valence-corrected chi connectivity index (χ2v) is 7.31. The molecule has 4 heteroatoms. The maximum Gasteiger partial charge on any atom is 0.306 e. The van der Waals surface area contributed by atoms with Gasteiger partial charge >= 0.3 is 5.97 Å². The molecule has 0 aliphatic heterocycles. The Balaban J connectivity index is 1.60. The van der Waals surface area contributed by atoms with Gasteiger partial charge in [-0.2, -0.15) is 0 Å². The van der Waals surface area contributed by atoms with Crippen LogP contribution in [0.2, 0.25) is 0 Å². The maximum atomic E-state index is 14.3. The zero-order valence-electron chi connectivity index (χ0n) is 17.7. The van der Waals surface area contributed by atoms with Gasteiger partial charge in [0.25, 0.3) is 0 Å². The van der Waals surface area contributed by atoms with Crippen molar-refractivity contribution < 1.29 is 18.7 Å². The molecular weight excluding hydrogens is 379 g/mol. The number of benzene rings is 3. The fourth-order valence-corrected chi connectivity index (χ4v) is 3.49. The summed E-state index contributed by atoms with van der Waals surface area (Å²) in [5.41, 5.74) is 6.41. The highest BCUT2D eigenvalue weighted by atomic mass is 19.1. The second-order valence-electron chi connectivity index (χ2n) is 7.31. The largest absolute Gasteiger partial charge is 0.489 e. The average molecular weight is 406 g/mol. The van der Waals surface area contributed by atoms with E-state index in [0.717, 1.165) is 5.56 Å². The third kappa shape index (κ3) is 5.47. The summed E-state index contributed by atoms with van der Waals surface area (Å²) in [5.74, 6) is -0.227. The summed E-state index contributed by atoms with van der Waals surface area (Å²) in [6, 6.07) is 19.3. The fourth-order valence-electron chi connectivity index (χ4n) is 3.49. The summed E-state index contributed by atoms with van der Waals surface area (Å²) in [6.07, 6.45) is 0.475. The number of hydrogen-bond donors (Lipinski definition) is 0. The first-order valence-electron chi connectivity index (χ1n) is 10.2. The van der Waals surface area contributed by atoms with Crippen molar-refractivity contribution in [2.75, 3.05) is 6.61 Å². The Morgan fingerprint density at radius 1 is 0.967 bits per heavy atom. The molecule has 0 aliphatic carbocycles. The van der Waals surface area contributed by atoms with Crippen molar-refractivity contribution in [2.45, 2.75) is 40.2 Å². The van der Waals surface area contributed by atoms with E-state index in [1.807, 2.05) is 12.1 Å². The fraction of sp³-hybridized carbons (Fsp3) is 0.269. The number of aryl methyl sites for hydroxylation is 3. The first-order valence-corrected chi connectivity index (χ1v) is 10.2. The van der Waals surface area contributed by atoms with Gasteiger partial charge in [-0.25, -0.2) is 4.39 Å². The van der Waals surface area contributed by atoms with Crippen LogP contribution < -0.4 is 4.74 Å². The average Bonchev–Trinajstić information content (AvgIpc) is 2.72. The lowest BCUT2D eigenvalue weighted by molar-refractivity contribution is -0.143. The summed E-state index contributed by atoms with van der Waals surface area (Å²) in [7, 11) is 0. The molecule has 0 N–H and O–H groups in total. The van der Waals surface area contributed by atoms with Crippen molar-refractivity contribution in [3.63, 3.8) is 0 Å². The molecule has 30 heavy (non-hydrogen) atoms. The van der Waals surface area contributed by atoms with Crippen molar-refractivity contribution in [1.29, 1.82) is 0 Å². The molecule has 0 aliphatic rings.